The minimum absolute atomic E-state index is 0. The van der Waals surface area contributed by atoms with Crippen LogP contribution in [0.15, 0.2) is 29.3 Å². The first-order valence-electron chi connectivity index (χ1n) is 11.8. The number of hydrogen-bond donors (Lipinski definition) is 3. The van der Waals surface area contributed by atoms with Gasteiger partial charge < -0.3 is 20.7 Å². The molecule has 1 aromatic rings. The molecule has 1 atom stereocenters. The summed E-state index contributed by atoms with van der Waals surface area (Å²) in [5.74, 6) is 1.74. The number of likely N-dealkylation sites (tertiary alicyclic amines) is 1. The Morgan fingerprint density at radius 1 is 1.09 bits per heavy atom. The highest BCUT2D eigenvalue weighted by Crippen LogP contribution is 2.26. The summed E-state index contributed by atoms with van der Waals surface area (Å²) >= 11 is 0. The van der Waals surface area contributed by atoms with Crippen molar-refractivity contribution < 1.29 is 9.53 Å². The third-order valence-electron chi connectivity index (χ3n) is 6.38. The second-order valence-corrected chi connectivity index (χ2v) is 8.56. The van der Waals surface area contributed by atoms with Crippen LogP contribution in [0, 0.1) is 0 Å². The minimum atomic E-state index is 0. The predicted octanol–water partition coefficient (Wildman–Crippen LogP) is 3.45. The van der Waals surface area contributed by atoms with Gasteiger partial charge in [0.1, 0.15) is 5.75 Å². The number of halogens is 1. The van der Waals surface area contributed by atoms with E-state index in [4.69, 9.17) is 4.74 Å². The Hall–Kier alpha value is -1.55. The van der Waals surface area contributed by atoms with Crippen LogP contribution in [0.2, 0.25) is 0 Å². The van der Waals surface area contributed by atoms with E-state index in [1.807, 2.05) is 12.1 Å². The van der Waals surface area contributed by atoms with E-state index in [1.165, 1.54) is 37.7 Å². The van der Waals surface area contributed by atoms with Gasteiger partial charge in [-0.2, -0.15) is 0 Å². The van der Waals surface area contributed by atoms with Gasteiger partial charge in [-0.3, -0.25) is 14.7 Å². The van der Waals surface area contributed by atoms with Crippen LogP contribution in [0.5, 0.6) is 5.75 Å². The summed E-state index contributed by atoms with van der Waals surface area (Å²) in [6, 6.07) is 8.99. The molecule has 1 heterocycles. The number of benzene rings is 1. The van der Waals surface area contributed by atoms with Gasteiger partial charge in [-0.05, 0) is 56.5 Å². The van der Waals surface area contributed by atoms with E-state index in [9.17, 15) is 4.79 Å². The molecule has 1 saturated carbocycles. The topological polar surface area (TPSA) is 78.0 Å². The second-order valence-electron chi connectivity index (χ2n) is 8.56. The van der Waals surface area contributed by atoms with Gasteiger partial charge in [-0.1, -0.05) is 31.4 Å². The molecule has 7 nitrogen and oxygen atoms in total. The van der Waals surface area contributed by atoms with Crippen molar-refractivity contribution in [3.8, 4) is 5.75 Å². The van der Waals surface area contributed by atoms with E-state index in [0.717, 1.165) is 44.2 Å². The molecule has 1 aliphatic heterocycles. The molecule has 1 aliphatic carbocycles. The molecular weight excluding hydrogens is 517 g/mol. The van der Waals surface area contributed by atoms with Crippen molar-refractivity contribution in [2.24, 2.45) is 4.99 Å². The highest BCUT2D eigenvalue weighted by molar-refractivity contribution is 14.0. The van der Waals surface area contributed by atoms with Crippen molar-refractivity contribution in [2.45, 2.75) is 63.5 Å². The summed E-state index contributed by atoms with van der Waals surface area (Å²) in [7, 11) is 3.47. The normalized spacial score (nSPS) is 18.5. The number of amides is 1. The zero-order valence-electron chi connectivity index (χ0n) is 19.6. The van der Waals surface area contributed by atoms with Crippen molar-refractivity contribution >= 4 is 35.8 Å². The number of ether oxygens (including phenoxy) is 1. The maximum absolute atomic E-state index is 12.2. The minimum Gasteiger partial charge on any atom is -0.497 e. The third kappa shape index (κ3) is 8.42. The predicted molar refractivity (Wildman–Crippen MR) is 141 cm³/mol. The number of aliphatic imine (C=N–C) groups is 1. The number of guanidine groups is 1. The van der Waals surface area contributed by atoms with E-state index in [-0.39, 0.29) is 35.9 Å². The smallest absolute Gasteiger partial charge is 0.221 e. The van der Waals surface area contributed by atoms with Gasteiger partial charge in [0.15, 0.2) is 5.96 Å². The largest absolute Gasteiger partial charge is 0.497 e. The fraction of sp³-hybridized carbons (Fsp3) is 0.667. The van der Waals surface area contributed by atoms with Gasteiger partial charge in [0.05, 0.1) is 13.2 Å². The number of nitrogens with zero attached hydrogens (tertiary/aromatic N) is 2. The van der Waals surface area contributed by atoms with Crippen molar-refractivity contribution in [2.75, 3.05) is 40.3 Å². The molecule has 0 spiro atoms. The average molecular weight is 558 g/mol. The first-order valence-corrected chi connectivity index (χ1v) is 11.8. The maximum Gasteiger partial charge on any atom is 0.221 e. The Morgan fingerprint density at radius 3 is 2.41 bits per heavy atom. The van der Waals surface area contributed by atoms with Crippen molar-refractivity contribution in [1.29, 1.82) is 0 Å². The highest BCUT2D eigenvalue weighted by atomic mass is 127. The molecule has 3 N–H and O–H groups in total. The fourth-order valence-corrected chi connectivity index (χ4v) is 4.59. The van der Waals surface area contributed by atoms with Crippen LogP contribution < -0.4 is 20.7 Å². The quantitative estimate of drug-likeness (QED) is 0.246. The average Bonchev–Trinajstić information content (AvgIpc) is 3.33. The lowest BCUT2D eigenvalue weighted by molar-refractivity contribution is -0.121. The Kier molecular flexibility index (Phi) is 12.2. The molecule has 0 bridgehead atoms. The first kappa shape index (κ1) is 26.7. The van der Waals surface area contributed by atoms with E-state index in [0.29, 0.717) is 19.0 Å². The molecule has 32 heavy (non-hydrogen) atoms. The lowest BCUT2D eigenvalue weighted by Gasteiger charge is -2.29. The molecule has 1 unspecified atom stereocenters. The molecule has 1 saturated heterocycles. The summed E-state index contributed by atoms with van der Waals surface area (Å²) in [6.45, 7) is 3.58. The molecule has 180 valence electrons. The Morgan fingerprint density at radius 2 is 1.78 bits per heavy atom. The van der Waals surface area contributed by atoms with Gasteiger partial charge in [-0.15, -0.1) is 24.0 Å². The van der Waals surface area contributed by atoms with E-state index < -0.39 is 0 Å². The number of rotatable bonds is 9. The van der Waals surface area contributed by atoms with Gasteiger partial charge in [0, 0.05) is 32.6 Å². The number of methoxy groups -OCH3 is 1. The molecule has 0 aromatic heterocycles. The monoisotopic (exact) mass is 557 g/mol. The highest BCUT2D eigenvalue weighted by Gasteiger charge is 2.24. The molecule has 1 amide bonds. The lowest BCUT2D eigenvalue weighted by atomic mass is 9.95. The van der Waals surface area contributed by atoms with E-state index in [1.54, 1.807) is 14.2 Å². The van der Waals surface area contributed by atoms with Gasteiger partial charge in [0.25, 0.3) is 0 Å². The molecule has 2 aliphatic rings. The molecule has 2 fully saturated rings. The van der Waals surface area contributed by atoms with Crippen LogP contribution in [0.4, 0.5) is 0 Å². The summed E-state index contributed by atoms with van der Waals surface area (Å²) < 4.78 is 5.31. The third-order valence-corrected chi connectivity index (χ3v) is 6.38. The summed E-state index contributed by atoms with van der Waals surface area (Å²) in [5, 5.41) is 9.93. The second kappa shape index (κ2) is 14.6. The standard InChI is InChI=1S/C24H39N5O2.HI/c1-25-24(26-15-14-23(30)28-20-8-4-3-5-9-20)27-18-22(29-16-6-7-17-29)19-10-12-21(31-2)13-11-19;/h10-13,20,22H,3-9,14-18H2,1-2H3,(H,28,30)(H2,25,26,27);1H. The van der Waals surface area contributed by atoms with Crippen molar-refractivity contribution in [1.82, 2.24) is 20.9 Å². The molecular formula is C24H40IN5O2. The fourth-order valence-electron chi connectivity index (χ4n) is 4.59. The molecule has 8 heteroatoms. The van der Waals surface area contributed by atoms with Crippen LogP contribution in [-0.4, -0.2) is 63.1 Å². The maximum atomic E-state index is 12.2. The Bertz CT molecular complexity index is 701. The molecule has 3 rings (SSSR count). The first-order chi connectivity index (χ1) is 15.2. The van der Waals surface area contributed by atoms with E-state index >= 15 is 0 Å². The number of carbonyl (C=O) groups excluding carboxylic acids is 1. The Balaban J connectivity index is 0.00000363. The number of carbonyl (C=O) groups is 1. The van der Waals surface area contributed by atoms with Crippen LogP contribution in [0.3, 0.4) is 0 Å². The Labute approximate surface area is 210 Å². The summed E-state index contributed by atoms with van der Waals surface area (Å²) in [6.07, 6.45) is 8.94. The zero-order valence-corrected chi connectivity index (χ0v) is 21.9. The summed E-state index contributed by atoms with van der Waals surface area (Å²) in [5.41, 5.74) is 1.28. The van der Waals surface area contributed by atoms with Crippen LogP contribution in [0.25, 0.3) is 0 Å². The SMILES string of the molecule is CN=C(NCCC(=O)NC1CCCCC1)NCC(c1ccc(OC)cc1)N1CCCC1.I. The van der Waals surface area contributed by atoms with E-state index in [2.05, 4.69) is 38.0 Å². The van der Waals surface area contributed by atoms with Gasteiger partial charge in [-0.25, -0.2) is 0 Å². The lowest BCUT2D eigenvalue weighted by Crippen LogP contribution is -2.44. The number of hydrogen-bond acceptors (Lipinski definition) is 4. The molecule has 1 aromatic carbocycles. The van der Waals surface area contributed by atoms with Crippen molar-refractivity contribution in [3.63, 3.8) is 0 Å². The van der Waals surface area contributed by atoms with Gasteiger partial charge in [0.2, 0.25) is 5.91 Å². The van der Waals surface area contributed by atoms with Crippen molar-refractivity contribution in [3.05, 3.63) is 29.8 Å². The van der Waals surface area contributed by atoms with Crippen LogP contribution >= 0.6 is 24.0 Å². The van der Waals surface area contributed by atoms with Gasteiger partial charge >= 0.3 is 0 Å². The van der Waals surface area contributed by atoms with Crippen LogP contribution in [0.1, 0.15) is 63.0 Å². The molecule has 0 radical (unpaired) electrons. The number of nitrogens with one attached hydrogen (secondary N) is 3. The van der Waals surface area contributed by atoms with Crippen LogP contribution in [-0.2, 0) is 4.79 Å². The summed E-state index contributed by atoms with van der Waals surface area (Å²) in [4.78, 5) is 19.1. The zero-order chi connectivity index (χ0) is 21.9.